The van der Waals surface area contributed by atoms with Crippen LogP contribution < -0.4 is 0 Å². The van der Waals surface area contributed by atoms with Gasteiger partial charge < -0.3 is 4.90 Å². The fourth-order valence-corrected chi connectivity index (χ4v) is 5.02. The molecule has 0 saturated carbocycles. The zero-order chi connectivity index (χ0) is 13.5. The highest BCUT2D eigenvalue weighted by molar-refractivity contribution is 7.09. The normalized spacial score (nSPS) is 34.1. The summed E-state index contributed by atoms with van der Waals surface area (Å²) in [6, 6.07) is 0.525. The summed E-state index contributed by atoms with van der Waals surface area (Å²) in [6.07, 6.45) is 6.41. The number of amides is 1. The van der Waals surface area contributed by atoms with Crippen molar-refractivity contribution in [1.82, 2.24) is 14.8 Å². The van der Waals surface area contributed by atoms with Crippen LogP contribution >= 0.6 is 11.3 Å². The molecule has 3 aliphatic rings. The van der Waals surface area contributed by atoms with Crippen LogP contribution in [0.25, 0.3) is 0 Å². The summed E-state index contributed by atoms with van der Waals surface area (Å²) in [7, 11) is 0. The van der Waals surface area contributed by atoms with Gasteiger partial charge in [-0.05, 0) is 31.1 Å². The van der Waals surface area contributed by atoms with Crippen molar-refractivity contribution in [3.05, 3.63) is 16.6 Å². The number of carbonyl (C=O) groups excluding carboxylic acids is 1. The Hall–Kier alpha value is -0.940. The first-order chi connectivity index (χ1) is 9.79. The van der Waals surface area contributed by atoms with Gasteiger partial charge in [0.25, 0.3) is 0 Å². The number of carbonyl (C=O) groups is 1. The summed E-state index contributed by atoms with van der Waals surface area (Å²) in [4.78, 5) is 22.4. The molecule has 0 aromatic carbocycles. The Labute approximate surface area is 123 Å². The summed E-state index contributed by atoms with van der Waals surface area (Å²) in [5, 5.41) is 0. The number of hydrogen-bond donors (Lipinski definition) is 0. The maximum atomic E-state index is 12.1. The number of aromatic nitrogens is 1. The van der Waals surface area contributed by atoms with E-state index in [4.69, 9.17) is 0 Å². The number of rotatable bonds is 2. The maximum absolute atomic E-state index is 12.1. The van der Waals surface area contributed by atoms with Crippen LogP contribution in [0.5, 0.6) is 0 Å². The predicted octanol–water partition coefficient (Wildman–Crippen LogP) is 1.98. The zero-order valence-corrected chi connectivity index (χ0v) is 12.5. The first kappa shape index (κ1) is 12.8. The summed E-state index contributed by atoms with van der Waals surface area (Å²) in [5.74, 6) is 1.78. The van der Waals surface area contributed by atoms with Crippen molar-refractivity contribution in [1.29, 1.82) is 0 Å². The average molecular weight is 291 g/mol. The van der Waals surface area contributed by atoms with Gasteiger partial charge in [0.2, 0.25) is 5.91 Å². The lowest BCUT2D eigenvalue weighted by Crippen LogP contribution is -2.60. The molecule has 0 unspecified atom stereocenters. The van der Waals surface area contributed by atoms with Gasteiger partial charge in [0.15, 0.2) is 0 Å². The molecule has 4 rings (SSSR count). The molecule has 0 radical (unpaired) electrons. The molecule has 0 spiro atoms. The Kier molecular flexibility index (Phi) is 3.27. The van der Waals surface area contributed by atoms with Crippen LogP contribution in [0.3, 0.4) is 0 Å². The summed E-state index contributed by atoms with van der Waals surface area (Å²) in [5.41, 5.74) is 1.92. The molecule has 4 heterocycles. The van der Waals surface area contributed by atoms with Gasteiger partial charge in [0.05, 0.1) is 5.51 Å². The number of nitrogens with zero attached hydrogens (tertiary/aromatic N) is 3. The molecule has 3 fully saturated rings. The number of thiazole rings is 1. The first-order valence-electron chi connectivity index (χ1n) is 7.69. The van der Waals surface area contributed by atoms with Crippen LogP contribution in [0.15, 0.2) is 11.7 Å². The van der Waals surface area contributed by atoms with Crippen molar-refractivity contribution in [2.24, 2.45) is 11.8 Å². The molecule has 3 atom stereocenters. The van der Waals surface area contributed by atoms with Crippen molar-refractivity contribution in [3.63, 3.8) is 0 Å². The van der Waals surface area contributed by atoms with E-state index in [-0.39, 0.29) is 0 Å². The second kappa shape index (κ2) is 5.11. The molecule has 1 aromatic rings. The highest BCUT2D eigenvalue weighted by atomic mass is 32.1. The molecular weight excluding hydrogens is 270 g/mol. The molecular formula is C15H21N3OS. The summed E-state index contributed by atoms with van der Waals surface area (Å²) in [6.45, 7) is 4.34. The maximum Gasteiger partial charge on any atom is 0.222 e. The highest BCUT2D eigenvalue weighted by Crippen LogP contribution is 2.38. The van der Waals surface area contributed by atoms with E-state index < -0.39 is 0 Å². The summed E-state index contributed by atoms with van der Waals surface area (Å²) >= 11 is 1.75. The van der Waals surface area contributed by atoms with Gasteiger partial charge in [-0.2, -0.15) is 0 Å². The topological polar surface area (TPSA) is 36.4 Å². The van der Waals surface area contributed by atoms with E-state index in [0.717, 1.165) is 39.0 Å². The quantitative estimate of drug-likeness (QED) is 0.836. The fourth-order valence-electron chi connectivity index (χ4n) is 4.38. The van der Waals surface area contributed by atoms with Crippen LogP contribution in [-0.2, 0) is 11.3 Å². The van der Waals surface area contributed by atoms with E-state index in [9.17, 15) is 4.79 Å². The predicted molar refractivity (Wildman–Crippen MR) is 78.3 cm³/mol. The minimum absolute atomic E-state index is 0.409. The monoisotopic (exact) mass is 291 g/mol. The van der Waals surface area contributed by atoms with E-state index in [1.807, 2.05) is 11.7 Å². The molecule has 3 aliphatic heterocycles. The Morgan fingerprint density at radius 1 is 1.35 bits per heavy atom. The Bertz CT molecular complexity index is 489. The molecule has 1 aromatic heterocycles. The van der Waals surface area contributed by atoms with Gasteiger partial charge in [0.1, 0.15) is 0 Å². The van der Waals surface area contributed by atoms with E-state index in [1.165, 1.54) is 17.7 Å². The van der Waals surface area contributed by atoms with Gasteiger partial charge in [-0.1, -0.05) is 0 Å². The molecule has 20 heavy (non-hydrogen) atoms. The van der Waals surface area contributed by atoms with Crippen molar-refractivity contribution < 1.29 is 4.79 Å². The number of piperidine rings is 3. The molecule has 2 bridgehead atoms. The van der Waals surface area contributed by atoms with Crippen LogP contribution in [0.1, 0.15) is 30.6 Å². The van der Waals surface area contributed by atoms with Crippen molar-refractivity contribution >= 4 is 17.2 Å². The van der Waals surface area contributed by atoms with Crippen molar-refractivity contribution in [2.75, 3.05) is 19.6 Å². The SMILES string of the molecule is O=C1CCC[C@H]2[C@H]3C[C@@H](CN(Cc4cncs4)C3)CN12. The van der Waals surface area contributed by atoms with Crippen LogP contribution in [0, 0.1) is 11.8 Å². The number of likely N-dealkylation sites (tertiary alicyclic amines) is 1. The van der Waals surface area contributed by atoms with E-state index in [1.54, 1.807) is 11.3 Å². The number of hydrogen-bond acceptors (Lipinski definition) is 4. The second-order valence-corrected chi connectivity index (χ2v) is 7.50. The second-order valence-electron chi connectivity index (χ2n) is 6.53. The molecule has 5 heteroatoms. The van der Waals surface area contributed by atoms with E-state index >= 15 is 0 Å². The van der Waals surface area contributed by atoms with E-state index in [2.05, 4.69) is 14.8 Å². The Balaban J connectivity index is 1.48. The van der Waals surface area contributed by atoms with Gasteiger partial charge >= 0.3 is 0 Å². The molecule has 0 N–H and O–H groups in total. The van der Waals surface area contributed by atoms with Crippen molar-refractivity contribution in [2.45, 2.75) is 38.3 Å². The molecule has 108 valence electrons. The standard InChI is InChI=1S/C15H21N3OS/c19-15-3-1-2-14-12-4-11(7-18(14)15)6-17(8-12)9-13-5-16-10-20-13/h5,10-12,14H,1-4,6-9H2/t11-,12-,14-/m0/s1. The number of fused-ring (bicyclic) bond motifs is 4. The molecule has 4 nitrogen and oxygen atoms in total. The highest BCUT2D eigenvalue weighted by Gasteiger charge is 2.43. The molecule has 1 amide bonds. The van der Waals surface area contributed by atoms with Gasteiger partial charge in [-0.25, -0.2) is 0 Å². The summed E-state index contributed by atoms with van der Waals surface area (Å²) < 4.78 is 0. The van der Waals surface area contributed by atoms with Gasteiger partial charge in [-0.3, -0.25) is 14.7 Å². The minimum atomic E-state index is 0.409. The molecule has 3 saturated heterocycles. The van der Waals surface area contributed by atoms with Crippen LogP contribution in [-0.4, -0.2) is 46.4 Å². The van der Waals surface area contributed by atoms with E-state index in [0.29, 0.717) is 23.8 Å². The van der Waals surface area contributed by atoms with Gasteiger partial charge in [0, 0.05) is 49.7 Å². The lowest BCUT2D eigenvalue weighted by molar-refractivity contribution is -0.145. The third kappa shape index (κ3) is 2.27. The largest absolute Gasteiger partial charge is 0.339 e. The Morgan fingerprint density at radius 2 is 2.30 bits per heavy atom. The smallest absolute Gasteiger partial charge is 0.222 e. The third-order valence-corrected chi connectivity index (χ3v) is 5.88. The lowest BCUT2D eigenvalue weighted by atomic mass is 9.76. The van der Waals surface area contributed by atoms with Gasteiger partial charge in [-0.15, -0.1) is 11.3 Å². The van der Waals surface area contributed by atoms with Crippen molar-refractivity contribution in [3.8, 4) is 0 Å². The van der Waals surface area contributed by atoms with Crippen LogP contribution in [0.4, 0.5) is 0 Å². The zero-order valence-electron chi connectivity index (χ0n) is 11.7. The van der Waals surface area contributed by atoms with Crippen LogP contribution in [0.2, 0.25) is 0 Å². The minimum Gasteiger partial charge on any atom is -0.339 e. The molecule has 0 aliphatic carbocycles. The lowest BCUT2D eigenvalue weighted by Gasteiger charge is -2.52. The average Bonchev–Trinajstić information content (AvgIpc) is 2.93. The Morgan fingerprint density at radius 3 is 3.15 bits per heavy atom. The third-order valence-electron chi connectivity index (χ3n) is 5.12. The fraction of sp³-hybridized carbons (Fsp3) is 0.733. The first-order valence-corrected chi connectivity index (χ1v) is 8.57.